The minimum atomic E-state index is -2.03. The number of carbonyl (C=O) groups excluding carboxylic acids is 2. The Balaban J connectivity index is 1.57. The monoisotopic (exact) mass is 413 g/mol. The van der Waals surface area contributed by atoms with E-state index in [0.717, 1.165) is 11.8 Å². The van der Waals surface area contributed by atoms with E-state index in [2.05, 4.69) is 4.99 Å². The van der Waals surface area contributed by atoms with Crippen molar-refractivity contribution in [1.82, 2.24) is 0 Å². The second kappa shape index (κ2) is 7.41. The van der Waals surface area contributed by atoms with E-state index >= 15 is 0 Å². The number of methoxy groups -OCH3 is 1. The van der Waals surface area contributed by atoms with Gasteiger partial charge in [0.2, 0.25) is 0 Å². The predicted molar refractivity (Wildman–Crippen MR) is 109 cm³/mol. The zero-order chi connectivity index (χ0) is 20.6. The van der Waals surface area contributed by atoms with Gasteiger partial charge in [0.25, 0.3) is 11.8 Å². The summed E-state index contributed by atoms with van der Waals surface area (Å²) in [5, 5.41) is 10.3. The Hall–Kier alpha value is -3.04. The fourth-order valence-electron chi connectivity index (χ4n) is 3.55. The van der Waals surface area contributed by atoms with Crippen LogP contribution in [-0.2, 0) is 15.2 Å². The second-order valence-corrected chi connectivity index (χ2v) is 7.65. The number of para-hydroxylation sites is 3. The number of nitrogens with zero attached hydrogens (tertiary/aromatic N) is 2. The fourth-order valence-corrected chi connectivity index (χ4v) is 4.49. The van der Waals surface area contributed by atoms with Crippen molar-refractivity contribution in [1.29, 1.82) is 0 Å². The van der Waals surface area contributed by atoms with Crippen LogP contribution in [-0.4, -0.2) is 47.6 Å². The number of aliphatic imine (C=N–C) groups is 1. The van der Waals surface area contributed by atoms with E-state index in [0.29, 0.717) is 22.7 Å². The third kappa shape index (κ3) is 3.12. The van der Waals surface area contributed by atoms with Gasteiger partial charge in [-0.1, -0.05) is 42.1 Å². The molecule has 2 amide bonds. The van der Waals surface area contributed by atoms with E-state index in [1.54, 1.807) is 43.5 Å². The molecule has 2 heterocycles. The van der Waals surface area contributed by atoms with Gasteiger partial charge < -0.3 is 25.2 Å². The van der Waals surface area contributed by atoms with Crippen LogP contribution in [0.2, 0.25) is 0 Å². The smallest absolute Gasteiger partial charge is 0.265 e. The maximum absolute atomic E-state index is 13.2. The number of benzene rings is 2. The Labute approximate surface area is 171 Å². The van der Waals surface area contributed by atoms with Crippen molar-refractivity contribution in [2.24, 2.45) is 10.7 Å². The average molecular weight is 413 g/mol. The molecule has 3 N–H and O–H groups in total. The Morgan fingerprint density at radius 2 is 1.86 bits per heavy atom. The van der Waals surface area contributed by atoms with E-state index in [9.17, 15) is 14.7 Å². The number of carbonyl (C=O) groups is 2. The first kappa shape index (κ1) is 19.3. The molecule has 9 heteroatoms. The minimum Gasteiger partial charge on any atom is -0.493 e. The highest BCUT2D eigenvalue weighted by Gasteiger charge is 2.59. The third-order valence-electron chi connectivity index (χ3n) is 4.88. The topological polar surface area (TPSA) is 114 Å². The summed E-state index contributed by atoms with van der Waals surface area (Å²) in [4.78, 5) is 30.6. The summed E-state index contributed by atoms with van der Waals surface area (Å²) < 4.78 is 11.0. The van der Waals surface area contributed by atoms with Crippen LogP contribution in [0.3, 0.4) is 0 Å². The Bertz CT molecular complexity index is 1010. The van der Waals surface area contributed by atoms with Crippen molar-refractivity contribution in [3.63, 3.8) is 0 Å². The molecular weight excluding hydrogens is 394 g/mol. The first-order chi connectivity index (χ1) is 14.0. The second-order valence-electron chi connectivity index (χ2n) is 6.53. The molecule has 0 aliphatic carbocycles. The van der Waals surface area contributed by atoms with Crippen LogP contribution in [0.25, 0.3) is 0 Å². The van der Waals surface area contributed by atoms with E-state index in [-0.39, 0.29) is 18.3 Å². The number of aliphatic hydroxyl groups is 1. The molecule has 150 valence electrons. The SMILES string of the molecule is COc1ccccc1OCCN1C(=O)[C@](O)([C@@H]2SC(N)=NC2=O)c2ccccc21. The maximum Gasteiger partial charge on any atom is 0.265 e. The molecule has 0 unspecified atom stereocenters. The normalized spacial score (nSPS) is 23.2. The van der Waals surface area contributed by atoms with Gasteiger partial charge in [-0.05, 0) is 18.2 Å². The average Bonchev–Trinajstić information content (AvgIpc) is 3.18. The van der Waals surface area contributed by atoms with Gasteiger partial charge in [0.1, 0.15) is 11.9 Å². The molecule has 0 aromatic heterocycles. The zero-order valence-corrected chi connectivity index (χ0v) is 16.4. The van der Waals surface area contributed by atoms with Crippen LogP contribution in [0, 0.1) is 0 Å². The van der Waals surface area contributed by atoms with Gasteiger partial charge in [-0.3, -0.25) is 9.59 Å². The van der Waals surface area contributed by atoms with Gasteiger partial charge >= 0.3 is 0 Å². The van der Waals surface area contributed by atoms with Crippen molar-refractivity contribution in [3.05, 3.63) is 54.1 Å². The van der Waals surface area contributed by atoms with Crippen LogP contribution in [0.4, 0.5) is 5.69 Å². The lowest BCUT2D eigenvalue weighted by Gasteiger charge is -2.26. The van der Waals surface area contributed by atoms with Crippen molar-refractivity contribution in [3.8, 4) is 11.5 Å². The lowest BCUT2D eigenvalue weighted by Crippen LogP contribution is -2.50. The van der Waals surface area contributed by atoms with E-state index < -0.39 is 22.7 Å². The van der Waals surface area contributed by atoms with Crippen molar-refractivity contribution in [2.45, 2.75) is 10.9 Å². The number of thioether (sulfide) groups is 1. The summed E-state index contributed by atoms with van der Waals surface area (Å²) >= 11 is 0.898. The molecule has 0 fully saturated rings. The molecule has 2 atom stereocenters. The van der Waals surface area contributed by atoms with Crippen LogP contribution >= 0.6 is 11.8 Å². The fraction of sp³-hybridized carbons (Fsp3) is 0.250. The molecule has 2 aromatic rings. The standard InChI is InChI=1S/C20H19N3O5S/c1-27-14-8-4-5-9-15(14)28-11-10-23-13-7-3-2-6-12(13)20(26,18(23)25)16-17(24)22-19(21)29-16/h2-9,16,26H,10-11H2,1H3,(H2,21,22,24)/t16-,20-/m1/s1. The van der Waals surface area contributed by atoms with Gasteiger partial charge in [-0.25, -0.2) is 0 Å². The Morgan fingerprint density at radius 1 is 1.17 bits per heavy atom. The van der Waals surface area contributed by atoms with E-state index in [1.807, 2.05) is 12.1 Å². The number of fused-ring (bicyclic) bond motifs is 1. The van der Waals surface area contributed by atoms with Crippen LogP contribution < -0.4 is 20.1 Å². The summed E-state index contributed by atoms with van der Waals surface area (Å²) in [7, 11) is 1.55. The van der Waals surface area contributed by atoms with Crippen molar-refractivity contribution < 1.29 is 24.2 Å². The molecule has 0 bridgehead atoms. The third-order valence-corrected chi connectivity index (χ3v) is 5.99. The van der Waals surface area contributed by atoms with Gasteiger partial charge in [0.05, 0.1) is 19.3 Å². The highest BCUT2D eigenvalue weighted by Crippen LogP contribution is 2.47. The van der Waals surface area contributed by atoms with Gasteiger partial charge in [0.15, 0.2) is 22.3 Å². The number of hydrogen-bond acceptors (Lipinski definition) is 7. The zero-order valence-electron chi connectivity index (χ0n) is 15.6. The molecule has 8 nitrogen and oxygen atoms in total. The highest BCUT2D eigenvalue weighted by atomic mass is 32.2. The Morgan fingerprint density at radius 3 is 2.55 bits per heavy atom. The number of ether oxygens (including phenoxy) is 2. The number of nitrogens with two attached hydrogens (primary N) is 1. The molecule has 29 heavy (non-hydrogen) atoms. The molecule has 0 radical (unpaired) electrons. The molecule has 2 aliphatic heterocycles. The number of anilines is 1. The number of rotatable bonds is 6. The predicted octanol–water partition coefficient (Wildman–Crippen LogP) is 1.27. The summed E-state index contributed by atoms with van der Waals surface area (Å²) in [5.74, 6) is -0.0889. The molecule has 0 spiro atoms. The molecule has 2 aliphatic rings. The summed E-state index contributed by atoms with van der Waals surface area (Å²) in [5.41, 5.74) is 4.49. The summed E-state index contributed by atoms with van der Waals surface area (Å²) in [6, 6.07) is 14.0. The van der Waals surface area contributed by atoms with Crippen molar-refractivity contribution >= 4 is 34.4 Å². The summed E-state index contributed by atoms with van der Waals surface area (Å²) in [6.45, 7) is 0.346. The van der Waals surface area contributed by atoms with Crippen molar-refractivity contribution in [2.75, 3.05) is 25.2 Å². The van der Waals surface area contributed by atoms with Gasteiger partial charge in [-0.15, -0.1) is 0 Å². The van der Waals surface area contributed by atoms with Gasteiger partial charge in [0, 0.05) is 5.56 Å². The molecule has 0 saturated carbocycles. The van der Waals surface area contributed by atoms with Crippen LogP contribution in [0.15, 0.2) is 53.5 Å². The minimum absolute atomic E-state index is 0.0386. The van der Waals surface area contributed by atoms with E-state index in [4.69, 9.17) is 15.2 Å². The lowest BCUT2D eigenvalue weighted by atomic mass is 9.91. The van der Waals surface area contributed by atoms with Crippen LogP contribution in [0.1, 0.15) is 5.56 Å². The quantitative estimate of drug-likeness (QED) is 0.733. The largest absolute Gasteiger partial charge is 0.493 e. The molecule has 4 rings (SSSR count). The molecular formula is C20H19N3O5S. The molecule has 2 aromatic carbocycles. The van der Waals surface area contributed by atoms with Gasteiger partial charge in [-0.2, -0.15) is 4.99 Å². The number of hydrogen-bond donors (Lipinski definition) is 2. The maximum atomic E-state index is 13.2. The first-order valence-electron chi connectivity index (χ1n) is 8.91. The highest BCUT2D eigenvalue weighted by molar-refractivity contribution is 8.15. The Kier molecular flexibility index (Phi) is 4.93. The summed E-state index contributed by atoms with van der Waals surface area (Å²) in [6.07, 6.45) is 0. The number of amidine groups is 1. The van der Waals surface area contributed by atoms with E-state index in [1.165, 1.54) is 4.90 Å². The first-order valence-corrected chi connectivity index (χ1v) is 9.79. The van der Waals surface area contributed by atoms with Crippen LogP contribution in [0.5, 0.6) is 11.5 Å². The molecule has 0 saturated heterocycles. The number of amides is 2. The lowest BCUT2D eigenvalue weighted by molar-refractivity contribution is -0.140.